The van der Waals surface area contributed by atoms with Crippen molar-refractivity contribution >= 4 is 5.91 Å². The summed E-state index contributed by atoms with van der Waals surface area (Å²) < 4.78 is 24.9. The summed E-state index contributed by atoms with van der Waals surface area (Å²) >= 11 is 0. The molecule has 2 heterocycles. The number of ether oxygens (including phenoxy) is 2. The quantitative estimate of drug-likeness (QED) is 0.589. The third-order valence-corrected chi connectivity index (χ3v) is 6.66. The van der Waals surface area contributed by atoms with Crippen molar-refractivity contribution in [2.45, 2.75) is 31.9 Å². The van der Waals surface area contributed by atoms with E-state index in [0.29, 0.717) is 38.5 Å². The van der Waals surface area contributed by atoms with Crippen LogP contribution in [0, 0.1) is 5.82 Å². The van der Waals surface area contributed by atoms with Crippen molar-refractivity contribution in [1.82, 2.24) is 14.7 Å². The number of aliphatic hydroxyl groups is 1. The maximum atomic E-state index is 13.2. The minimum atomic E-state index is -1.25. The number of halogens is 1. The fraction of sp³-hybridized carbons (Fsp3) is 0.519. The molecule has 2 fully saturated rings. The second-order valence-electron chi connectivity index (χ2n) is 9.66. The molecule has 190 valence electrons. The molecule has 0 radical (unpaired) electrons. The molecule has 2 saturated heterocycles. The van der Waals surface area contributed by atoms with E-state index >= 15 is 0 Å². The molecule has 7 nitrogen and oxygen atoms in total. The third-order valence-electron chi connectivity index (χ3n) is 6.66. The zero-order valence-electron chi connectivity index (χ0n) is 20.5. The van der Waals surface area contributed by atoms with E-state index in [1.807, 2.05) is 24.3 Å². The Bertz CT molecular complexity index is 950. The Morgan fingerprint density at radius 2 is 1.57 bits per heavy atom. The number of rotatable bonds is 9. The van der Waals surface area contributed by atoms with Crippen LogP contribution in [0.15, 0.2) is 48.5 Å². The lowest BCUT2D eigenvalue weighted by atomic mass is 10.0. The first-order valence-electron chi connectivity index (χ1n) is 12.4. The predicted octanol–water partition coefficient (Wildman–Crippen LogP) is 2.77. The normalized spacial score (nSPS) is 21.6. The monoisotopic (exact) mass is 485 g/mol. The smallest absolute Gasteiger partial charge is 0.219 e. The maximum absolute atomic E-state index is 13.2. The lowest BCUT2D eigenvalue weighted by Gasteiger charge is -2.32. The summed E-state index contributed by atoms with van der Waals surface area (Å²) in [6.07, 6.45) is 2.56. The molecule has 2 aliphatic heterocycles. The maximum Gasteiger partial charge on any atom is 0.219 e. The van der Waals surface area contributed by atoms with Crippen molar-refractivity contribution in [3.63, 3.8) is 0 Å². The number of hydrogen-bond acceptors (Lipinski definition) is 6. The van der Waals surface area contributed by atoms with Crippen LogP contribution in [-0.2, 0) is 11.3 Å². The van der Waals surface area contributed by atoms with Gasteiger partial charge in [0.2, 0.25) is 5.91 Å². The van der Waals surface area contributed by atoms with Gasteiger partial charge in [0.25, 0.3) is 0 Å². The topological polar surface area (TPSA) is 65.5 Å². The molecule has 2 aromatic carbocycles. The van der Waals surface area contributed by atoms with Crippen LogP contribution in [-0.4, -0.2) is 90.3 Å². The third kappa shape index (κ3) is 7.65. The molecule has 4 rings (SSSR count). The van der Waals surface area contributed by atoms with Gasteiger partial charge in [-0.25, -0.2) is 4.39 Å². The number of hydrogen-bond donors (Lipinski definition) is 1. The molecule has 0 unspecified atom stereocenters. The van der Waals surface area contributed by atoms with Crippen LogP contribution >= 0.6 is 0 Å². The molecule has 35 heavy (non-hydrogen) atoms. The summed E-state index contributed by atoms with van der Waals surface area (Å²) in [5.74, 6) is 0.908. The predicted molar refractivity (Wildman–Crippen MR) is 132 cm³/mol. The van der Waals surface area contributed by atoms with Crippen LogP contribution in [0.4, 0.5) is 4.39 Å². The molecule has 2 aromatic rings. The second-order valence-corrected chi connectivity index (χ2v) is 9.66. The minimum Gasteiger partial charge on any atom is -0.492 e. The van der Waals surface area contributed by atoms with E-state index in [1.54, 1.807) is 4.90 Å². The van der Waals surface area contributed by atoms with Gasteiger partial charge in [0.1, 0.15) is 36.1 Å². The van der Waals surface area contributed by atoms with Gasteiger partial charge >= 0.3 is 0 Å². The largest absolute Gasteiger partial charge is 0.492 e. The molecule has 0 aromatic heterocycles. The van der Waals surface area contributed by atoms with Crippen molar-refractivity contribution < 1.29 is 23.8 Å². The van der Waals surface area contributed by atoms with Crippen molar-refractivity contribution in [2.75, 3.05) is 59.0 Å². The molecule has 0 bridgehead atoms. The van der Waals surface area contributed by atoms with E-state index < -0.39 is 5.60 Å². The van der Waals surface area contributed by atoms with E-state index in [4.69, 9.17) is 9.47 Å². The fourth-order valence-corrected chi connectivity index (χ4v) is 4.73. The summed E-state index contributed by atoms with van der Waals surface area (Å²) in [7, 11) is 0. The first-order chi connectivity index (χ1) is 16.9. The molecule has 0 spiro atoms. The number of benzene rings is 2. The molecule has 0 saturated carbocycles. The van der Waals surface area contributed by atoms with Gasteiger partial charge in [0, 0.05) is 39.6 Å². The standard InChI is InChI=1S/C27H36FN3O4/c1-22(32)31-15-14-30(19-27(33,20-31)21-35-26-10-6-24(28)7-11-26)18-23-4-8-25(9-5-23)34-17-16-29-12-2-3-13-29/h4-11,33H,2-3,12-21H2,1H3/t27-/m1/s1. The summed E-state index contributed by atoms with van der Waals surface area (Å²) in [5, 5.41) is 11.4. The molecule has 1 N–H and O–H groups in total. The zero-order valence-corrected chi connectivity index (χ0v) is 20.5. The Hall–Kier alpha value is -2.68. The highest BCUT2D eigenvalue weighted by atomic mass is 19.1. The molecule has 8 heteroatoms. The SMILES string of the molecule is CC(=O)N1CCN(Cc2ccc(OCCN3CCCC3)cc2)C[C@](O)(COc2ccc(F)cc2)C1. The van der Waals surface area contributed by atoms with Crippen molar-refractivity contribution in [3.8, 4) is 11.5 Å². The number of carbonyl (C=O) groups excluding carboxylic acids is 1. The lowest BCUT2D eigenvalue weighted by Crippen LogP contribution is -2.51. The van der Waals surface area contributed by atoms with Gasteiger partial charge in [-0.3, -0.25) is 14.6 Å². The first kappa shape index (κ1) is 25.4. The Morgan fingerprint density at radius 3 is 2.26 bits per heavy atom. The summed E-state index contributed by atoms with van der Waals surface area (Å²) in [6.45, 7) is 7.85. The van der Waals surface area contributed by atoms with Crippen LogP contribution in [0.25, 0.3) is 0 Å². The van der Waals surface area contributed by atoms with E-state index in [2.05, 4.69) is 9.80 Å². The average Bonchev–Trinajstić information content (AvgIpc) is 3.29. The van der Waals surface area contributed by atoms with E-state index in [1.165, 1.54) is 57.1 Å². The average molecular weight is 486 g/mol. The summed E-state index contributed by atoms with van der Waals surface area (Å²) in [4.78, 5) is 18.3. The van der Waals surface area contributed by atoms with Gasteiger partial charge in [-0.1, -0.05) is 12.1 Å². The molecular formula is C27H36FN3O4. The van der Waals surface area contributed by atoms with E-state index in [0.717, 1.165) is 17.9 Å². The molecule has 1 amide bonds. The Morgan fingerprint density at radius 1 is 0.914 bits per heavy atom. The number of nitrogens with zero attached hydrogens (tertiary/aromatic N) is 3. The summed E-state index contributed by atoms with van der Waals surface area (Å²) in [5.41, 5.74) is -0.148. The van der Waals surface area contributed by atoms with E-state index in [-0.39, 0.29) is 24.9 Å². The summed E-state index contributed by atoms with van der Waals surface area (Å²) in [6, 6.07) is 13.8. The highest BCUT2D eigenvalue weighted by Crippen LogP contribution is 2.21. The van der Waals surface area contributed by atoms with E-state index in [9.17, 15) is 14.3 Å². The fourth-order valence-electron chi connectivity index (χ4n) is 4.73. The lowest BCUT2D eigenvalue weighted by molar-refractivity contribution is -0.132. The Kier molecular flexibility index (Phi) is 8.59. The van der Waals surface area contributed by atoms with Crippen LogP contribution < -0.4 is 9.47 Å². The first-order valence-corrected chi connectivity index (χ1v) is 12.4. The van der Waals surface area contributed by atoms with Crippen LogP contribution in [0.2, 0.25) is 0 Å². The van der Waals surface area contributed by atoms with Crippen molar-refractivity contribution in [1.29, 1.82) is 0 Å². The molecule has 2 aliphatic rings. The van der Waals surface area contributed by atoms with Crippen LogP contribution in [0.5, 0.6) is 11.5 Å². The number of β-amino-alcohol motifs (C(OH)–C–C–N with tert-alkyl or cyclic N) is 1. The molecular weight excluding hydrogens is 449 g/mol. The van der Waals surface area contributed by atoms with Gasteiger partial charge in [0.05, 0.1) is 6.54 Å². The molecule has 0 aliphatic carbocycles. The zero-order chi connectivity index (χ0) is 24.7. The minimum absolute atomic E-state index is 0.00269. The number of amides is 1. The van der Waals surface area contributed by atoms with Crippen molar-refractivity contribution in [3.05, 3.63) is 59.9 Å². The van der Waals surface area contributed by atoms with Gasteiger partial charge in [-0.15, -0.1) is 0 Å². The van der Waals surface area contributed by atoms with Crippen LogP contribution in [0.1, 0.15) is 25.3 Å². The highest BCUT2D eigenvalue weighted by molar-refractivity contribution is 5.73. The van der Waals surface area contributed by atoms with Gasteiger partial charge < -0.3 is 19.5 Å². The second kappa shape index (κ2) is 11.8. The van der Waals surface area contributed by atoms with Crippen LogP contribution in [0.3, 0.4) is 0 Å². The Balaban J connectivity index is 1.34. The number of carbonyl (C=O) groups is 1. The highest BCUT2D eigenvalue weighted by Gasteiger charge is 2.36. The Labute approximate surface area is 207 Å². The number of likely N-dealkylation sites (tertiary alicyclic amines) is 1. The van der Waals surface area contributed by atoms with Gasteiger partial charge in [0.15, 0.2) is 0 Å². The molecule has 1 atom stereocenters. The van der Waals surface area contributed by atoms with Gasteiger partial charge in [-0.2, -0.15) is 0 Å². The van der Waals surface area contributed by atoms with Gasteiger partial charge in [-0.05, 0) is 67.9 Å². The van der Waals surface area contributed by atoms with Crippen molar-refractivity contribution in [2.24, 2.45) is 0 Å².